The number of fused-ring (bicyclic) bond motifs is 2. The Hall–Kier alpha value is -3.62. The van der Waals surface area contributed by atoms with Crippen molar-refractivity contribution in [3.63, 3.8) is 0 Å². The van der Waals surface area contributed by atoms with Crippen molar-refractivity contribution in [3.8, 4) is 10.6 Å². The number of aromatic nitrogens is 1. The quantitative estimate of drug-likeness (QED) is 0.372. The second-order valence-electron chi connectivity index (χ2n) is 7.20. The van der Waals surface area contributed by atoms with E-state index in [4.69, 9.17) is 5.73 Å². The molecule has 0 fully saturated rings. The molecule has 4 aromatic rings. The normalized spacial score (nSPS) is 12.3. The third-order valence-electron chi connectivity index (χ3n) is 4.98. The van der Waals surface area contributed by atoms with E-state index in [9.17, 15) is 9.59 Å². The van der Waals surface area contributed by atoms with E-state index in [2.05, 4.69) is 15.6 Å². The Labute approximate surface area is 192 Å². The number of thiazole rings is 1. The van der Waals surface area contributed by atoms with E-state index in [1.807, 2.05) is 48.5 Å². The van der Waals surface area contributed by atoms with Crippen LogP contribution in [0.1, 0.15) is 25.6 Å². The van der Waals surface area contributed by atoms with Gasteiger partial charge < -0.3 is 16.4 Å². The lowest BCUT2D eigenvalue weighted by Crippen LogP contribution is -2.22. The average molecular weight is 459 g/mol. The van der Waals surface area contributed by atoms with Gasteiger partial charge in [0.25, 0.3) is 11.8 Å². The van der Waals surface area contributed by atoms with Crippen molar-refractivity contribution in [1.29, 1.82) is 0 Å². The number of carbonyl (C=O) groups excluding carboxylic acids is 2. The maximum Gasteiger partial charge on any atom is 0.256 e. The minimum Gasteiger partial charge on any atom is -0.399 e. The van der Waals surface area contributed by atoms with Gasteiger partial charge in [-0.05, 0) is 54.6 Å². The first-order chi connectivity index (χ1) is 15.6. The summed E-state index contributed by atoms with van der Waals surface area (Å²) < 4.78 is 0. The molecule has 0 bridgehead atoms. The summed E-state index contributed by atoms with van der Waals surface area (Å²) in [6, 6.07) is 20.3. The van der Waals surface area contributed by atoms with Crippen molar-refractivity contribution >= 4 is 46.3 Å². The second-order valence-corrected chi connectivity index (χ2v) is 9.40. The van der Waals surface area contributed by atoms with Gasteiger partial charge in [0.2, 0.25) is 0 Å². The van der Waals surface area contributed by atoms with Gasteiger partial charge in [0, 0.05) is 37.7 Å². The van der Waals surface area contributed by atoms with Crippen molar-refractivity contribution < 1.29 is 9.59 Å². The molecule has 5 rings (SSSR count). The molecule has 2 heterocycles. The molecule has 32 heavy (non-hydrogen) atoms. The molecule has 1 aliphatic rings. The summed E-state index contributed by atoms with van der Waals surface area (Å²) in [5.74, 6) is -0.388. The first kappa shape index (κ1) is 20.3. The maximum absolute atomic E-state index is 12.7. The summed E-state index contributed by atoms with van der Waals surface area (Å²) >= 11 is 3.03. The highest BCUT2D eigenvalue weighted by atomic mass is 32.2. The highest BCUT2D eigenvalue weighted by Crippen LogP contribution is 2.39. The Morgan fingerprint density at radius 3 is 2.69 bits per heavy atom. The highest BCUT2D eigenvalue weighted by molar-refractivity contribution is 7.99. The molecule has 0 saturated heterocycles. The Morgan fingerprint density at radius 1 is 1.03 bits per heavy atom. The van der Waals surface area contributed by atoms with Gasteiger partial charge in [0.1, 0.15) is 5.01 Å². The molecule has 1 aliphatic heterocycles. The Morgan fingerprint density at radius 2 is 1.84 bits per heavy atom. The molecule has 0 aliphatic carbocycles. The number of hydrogen-bond acceptors (Lipinski definition) is 6. The Kier molecular flexibility index (Phi) is 5.38. The molecule has 2 amide bonds. The number of hydrogen-bond donors (Lipinski definition) is 3. The fourth-order valence-corrected chi connectivity index (χ4v) is 5.19. The number of benzene rings is 3. The van der Waals surface area contributed by atoms with Gasteiger partial charge in [-0.1, -0.05) is 23.9 Å². The van der Waals surface area contributed by atoms with Gasteiger partial charge >= 0.3 is 0 Å². The van der Waals surface area contributed by atoms with Crippen molar-refractivity contribution in [3.05, 3.63) is 88.9 Å². The van der Waals surface area contributed by atoms with Crippen LogP contribution in [0.15, 0.2) is 82.7 Å². The van der Waals surface area contributed by atoms with E-state index in [0.717, 1.165) is 25.2 Å². The molecule has 0 spiro atoms. The molecule has 0 unspecified atom stereocenters. The monoisotopic (exact) mass is 458 g/mol. The van der Waals surface area contributed by atoms with Gasteiger partial charge in [-0.15, -0.1) is 11.3 Å². The predicted molar refractivity (Wildman–Crippen MR) is 128 cm³/mol. The van der Waals surface area contributed by atoms with Gasteiger partial charge in [0.15, 0.2) is 0 Å². The summed E-state index contributed by atoms with van der Waals surface area (Å²) in [5.41, 5.74) is 9.18. The van der Waals surface area contributed by atoms with Crippen LogP contribution in [-0.4, -0.2) is 16.8 Å². The molecule has 158 valence electrons. The number of carbonyl (C=O) groups is 2. The first-order valence-corrected chi connectivity index (χ1v) is 11.5. The minimum absolute atomic E-state index is 0.177. The number of nitrogens with two attached hydrogens (primary N) is 1. The molecule has 0 radical (unpaired) electrons. The van der Waals surface area contributed by atoms with Crippen molar-refractivity contribution in [1.82, 2.24) is 10.3 Å². The minimum atomic E-state index is -0.212. The molecule has 0 atom stereocenters. The lowest BCUT2D eigenvalue weighted by Gasteiger charge is -2.09. The summed E-state index contributed by atoms with van der Waals surface area (Å²) in [6.45, 7) is 0.370. The number of nitrogens with zero attached hydrogens (tertiary/aromatic N) is 1. The van der Waals surface area contributed by atoms with Crippen LogP contribution in [0.4, 0.5) is 11.4 Å². The van der Waals surface area contributed by atoms with Crippen LogP contribution in [-0.2, 0) is 6.54 Å². The van der Waals surface area contributed by atoms with Gasteiger partial charge in [-0.3, -0.25) is 9.59 Å². The lowest BCUT2D eigenvalue weighted by molar-refractivity contribution is 0.0949. The van der Waals surface area contributed by atoms with Crippen molar-refractivity contribution in [2.75, 3.05) is 11.1 Å². The number of amides is 2. The molecule has 8 heteroatoms. The van der Waals surface area contributed by atoms with Crippen LogP contribution >= 0.6 is 23.1 Å². The third kappa shape index (κ3) is 4.10. The smallest absolute Gasteiger partial charge is 0.256 e. The Bertz CT molecular complexity index is 1330. The van der Waals surface area contributed by atoms with Crippen molar-refractivity contribution in [2.24, 2.45) is 0 Å². The molecule has 6 nitrogen and oxygen atoms in total. The number of nitrogens with one attached hydrogen (secondary N) is 2. The fourth-order valence-electron chi connectivity index (χ4n) is 3.33. The standard InChI is InChI=1S/C24H18N4O2S2/c25-16-8-5-14(6-9-16)24-27-13-17(31-24)12-26-22(29)15-7-10-21-19(11-15)28-23(30)18-3-1-2-4-20(18)32-21/h1-11,13H,12,25H2,(H,26,29)(H,28,30). The maximum atomic E-state index is 12.7. The topological polar surface area (TPSA) is 97.1 Å². The second kappa shape index (κ2) is 8.49. The Balaban J connectivity index is 1.28. The van der Waals surface area contributed by atoms with Crippen molar-refractivity contribution in [2.45, 2.75) is 16.3 Å². The number of rotatable bonds is 4. The fraction of sp³-hybridized carbons (Fsp3) is 0.0417. The van der Waals surface area contributed by atoms with E-state index in [0.29, 0.717) is 29.0 Å². The zero-order chi connectivity index (χ0) is 22.1. The third-order valence-corrected chi connectivity index (χ3v) is 7.17. The zero-order valence-electron chi connectivity index (χ0n) is 16.8. The summed E-state index contributed by atoms with van der Waals surface area (Å²) in [5, 5.41) is 6.72. The summed E-state index contributed by atoms with van der Waals surface area (Å²) in [7, 11) is 0. The van der Waals surface area contributed by atoms with Crippen LogP contribution in [0.5, 0.6) is 0 Å². The number of anilines is 2. The van der Waals surface area contributed by atoms with Gasteiger partial charge in [-0.25, -0.2) is 4.98 Å². The van der Waals surface area contributed by atoms with Crippen LogP contribution in [0.3, 0.4) is 0 Å². The molecular formula is C24H18N4O2S2. The van der Waals surface area contributed by atoms with Gasteiger partial charge in [-0.2, -0.15) is 0 Å². The van der Waals surface area contributed by atoms with E-state index in [1.165, 1.54) is 23.1 Å². The van der Waals surface area contributed by atoms with E-state index in [-0.39, 0.29) is 11.8 Å². The lowest BCUT2D eigenvalue weighted by atomic mass is 10.1. The zero-order valence-corrected chi connectivity index (χ0v) is 18.4. The van der Waals surface area contributed by atoms with Crippen LogP contribution in [0, 0.1) is 0 Å². The molecular weight excluding hydrogens is 440 g/mol. The van der Waals surface area contributed by atoms with Gasteiger partial charge in [0.05, 0.1) is 17.8 Å². The van der Waals surface area contributed by atoms with Crippen LogP contribution in [0.2, 0.25) is 0 Å². The largest absolute Gasteiger partial charge is 0.399 e. The first-order valence-electron chi connectivity index (χ1n) is 9.88. The summed E-state index contributed by atoms with van der Waals surface area (Å²) in [4.78, 5) is 32.5. The highest BCUT2D eigenvalue weighted by Gasteiger charge is 2.20. The molecule has 1 aromatic heterocycles. The molecule has 3 aromatic carbocycles. The molecule has 0 saturated carbocycles. The van der Waals surface area contributed by atoms with E-state index in [1.54, 1.807) is 24.4 Å². The van der Waals surface area contributed by atoms with Crippen LogP contribution in [0.25, 0.3) is 10.6 Å². The molecule has 4 N–H and O–H groups in total. The van der Waals surface area contributed by atoms with Crippen LogP contribution < -0.4 is 16.4 Å². The summed E-state index contributed by atoms with van der Waals surface area (Å²) in [6.07, 6.45) is 1.77. The van der Waals surface area contributed by atoms with E-state index >= 15 is 0 Å². The predicted octanol–water partition coefficient (Wildman–Crippen LogP) is 5.04. The average Bonchev–Trinajstić information content (AvgIpc) is 3.23. The van der Waals surface area contributed by atoms with E-state index < -0.39 is 0 Å². The SMILES string of the molecule is Nc1ccc(-c2ncc(CNC(=O)c3ccc4c(c3)NC(=O)c3ccccc3S4)s2)cc1. The number of nitrogen functional groups attached to an aromatic ring is 1.